The topological polar surface area (TPSA) is 9.23 Å². The Morgan fingerprint density at radius 1 is 1.70 bits per heavy atom. The standard InChI is InChI=1S/C8H14OS/c1-2-9-5-3-8-4-6-10-7-8/h2,8H,1,3-7H2. The van der Waals surface area contributed by atoms with Crippen LogP contribution in [-0.4, -0.2) is 18.1 Å². The molecule has 2 heteroatoms. The van der Waals surface area contributed by atoms with Crippen molar-refractivity contribution >= 4 is 11.8 Å². The molecule has 0 bridgehead atoms. The predicted molar refractivity (Wildman–Crippen MR) is 46.2 cm³/mol. The highest BCUT2D eigenvalue weighted by Crippen LogP contribution is 2.25. The largest absolute Gasteiger partial charge is 0.502 e. The van der Waals surface area contributed by atoms with E-state index in [1.54, 1.807) is 0 Å². The average molecular weight is 158 g/mol. The maximum atomic E-state index is 5.05. The lowest BCUT2D eigenvalue weighted by Crippen LogP contribution is -2.01. The van der Waals surface area contributed by atoms with Gasteiger partial charge in [0.15, 0.2) is 0 Å². The van der Waals surface area contributed by atoms with Crippen molar-refractivity contribution in [1.29, 1.82) is 0 Å². The van der Waals surface area contributed by atoms with Gasteiger partial charge in [-0.3, -0.25) is 0 Å². The molecule has 0 aromatic heterocycles. The first-order valence-corrected chi connectivity index (χ1v) is 4.89. The molecule has 1 rings (SSSR count). The van der Waals surface area contributed by atoms with Crippen LogP contribution in [0.25, 0.3) is 0 Å². The minimum atomic E-state index is 0.856. The van der Waals surface area contributed by atoms with Crippen molar-refractivity contribution in [2.75, 3.05) is 18.1 Å². The number of rotatable bonds is 4. The van der Waals surface area contributed by atoms with E-state index < -0.39 is 0 Å². The summed E-state index contributed by atoms with van der Waals surface area (Å²) < 4.78 is 5.05. The summed E-state index contributed by atoms with van der Waals surface area (Å²) in [5.74, 6) is 3.59. The minimum absolute atomic E-state index is 0.856. The molecule has 0 aliphatic carbocycles. The van der Waals surface area contributed by atoms with Crippen LogP contribution in [0.3, 0.4) is 0 Å². The van der Waals surface area contributed by atoms with Crippen LogP contribution >= 0.6 is 11.8 Å². The van der Waals surface area contributed by atoms with E-state index in [9.17, 15) is 0 Å². The normalized spacial score (nSPS) is 24.6. The van der Waals surface area contributed by atoms with E-state index >= 15 is 0 Å². The average Bonchev–Trinajstić information content (AvgIpc) is 2.41. The number of hydrogen-bond acceptors (Lipinski definition) is 2. The van der Waals surface area contributed by atoms with Gasteiger partial charge in [0.2, 0.25) is 0 Å². The molecular weight excluding hydrogens is 144 g/mol. The molecule has 0 N–H and O–H groups in total. The second-order valence-electron chi connectivity index (χ2n) is 2.56. The van der Waals surface area contributed by atoms with Crippen molar-refractivity contribution < 1.29 is 4.74 Å². The van der Waals surface area contributed by atoms with Crippen molar-refractivity contribution in [2.24, 2.45) is 5.92 Å². The number of thioether (sulfide) groups is 1. The molecule has 0 aromatic carbocycles. The lowest BCUT2D eigenvalue weighted by atomic mass is 10.1. The van der Waals surface area contributed by atoms with Crippen molar-refractivity contribution in [3.63, 3.8) is 0 Å². The third kappa shape index (κ3) is 2.65. The first kappa shape index (κ1) is 7.99. The van der Waals surface area contributed by atoms with Gasteiger partial charge in [0.1, 0.15) is 0 Å². The summed E-state index contributed by atoms with van der Waals surface area (Å²) in [6.45, 7) is 4.35. The van der Waals surface area contributed by atoms with Crippen molar-refractivity contribution in [3.8, 4) is 0 Å². The molecule has 1 aliphatic rings. The highest BCUT2D eigenvalue weighted by Gasteiger charge is 2.14. The van der Waals surface area contributed by atoms with E-state index in [2.05, 4.69) is 18.3 Å². The maximum absolute atomic E-state index is 5.05. The second kappa shape index (κ2) is 4.67. The molecule has 0 aromatic rings. The third-order valence-electron chi connectivity index (χ3n) is 1.79. The summed E-state index contributed by atoms with van der Waals surface area (Å²) in [6.07, 6.45) is 4.12. The van der Waals surface area contributed by atoms with Gasteiger partial charge in [0.05, 0.1) is 12.9 Å². The molecule has 1 saturated heterocycles. The highest BCUT2D eigenvalue weighted by atomic mass is 32.2. The smallest absolute Gasteiger partial charge is 0.0875 e. The fourth-order valence-electron chi connectivity index (χ4n) is 1.13. The molecular formula is C8H14OS. The lowest BCUT2D eigenvalue weighted by molar-refractivity contribution is 0.228. The quantitative estimate of drug-likeness (QED) is 0.458. The number of hydrogen-bond donors (Lipinski definition) is 0. The van der Waals surface area contributed by atoms with Crippen LogP contribution in [0, 0.1) is 5.92 Å². The first-order chi connectivity index (χ1) is 4.93. The van der Waals surface area contributed by atoms with E-state index in [1.165, 1.54) is 30.6 Å². The molecule has 1 aliphatic heterocycles. The molecule has 1 heterocycles. The Morgan fingerprint density at radius 2 is 2.60 bits per heavy atom. The SMILES string of the molecule is C=COCCC1CCSC1. The van der Waals surface area contributed by atoms with Crippen molar-refractivity contribution in [2.45, 2.75) is 12.8 Å². The highest BCUT2D eigenvalue weighted by molar-refractivity contribution is 7.99. The van der Waals surface area contributed by atoms with Gasteiger partial charge in [-0.2, -0.15) is 11.8 Å². The lowest BCUT2D eigenvalue weighted by Gasteiger charge is -2.05. The molecule has 0 saturated carbocycles. The fraction of sp³-hybridized carbons (Fsp3) is 0.750. The molecule has 58 valence electrons. The zero-order valence-electron chi connectivity index (χ0n) is 6.21. The summed E-state index contributed by atoms with van der Waals surface area (Å²) in [5, 5.41) is 0. The van der Waals surface area contributed by atoms with Gasteiger partial charge < -0.3 is 4.74 Å². The van der Waals surface area contributed by atoms with Crippen LogP contribution in [0.2, 0.25) is 0 Å². The molecule has 1 nitrogen and oxygen atoms in total. The summed E-state index contributed by atoms with van der Waals surface area (Å²) >= 11 is 2.06. The third-order valence-corrected chi connectivity index (χ3v) is 3.02. The molecule has 1 atom stereocenters. The Labute approximate surface area is 66.8 Å². The van der Waals surface area contributed by atoms with Crippen LogP contribution in [0.1, 0.15) is 12.8 Å². The molecule has 10 heavy (non-hydrogen) atoms. The Morgan fingerprint density at radius 3 is 3.20 bits per heavy atom. The maximum Gasteiger partial charge on any atom is 0.0875 e. The molecule has 0 radical (unpaired) electrons. The monoisotopic (exact) mass is 158 g/mol. The van der Waals surface area contributed by atoms with Gasteiger partial charge >= 0.3 is 0 Å². The predicted octanol–water partition coefficient (Wildman–Crippen LogP) is 2.29. The molecule has 0 amide bonds. The molecule has 0 spiro atoms. The van der Waals surface area contributed by atoms with Gasteiger partial charge in [-0.25, -0.2) is 0 Å². The van der Waals surface area contributed by atoms with Gasteiger partial charge in [-0.1, -0.05) is 6.58 Å². The van der Waals surface area contributed by atoms with E-state index in [-0.39, 0.29) is 0 Å². The molecule has 1 fully saturated rings. The van der Waals surface area contributed by atoms with Gasteiger partial charge in [-0.15, -0.1) is 0 Å². The zero-order chi connectivity index (χ0) is 7.23. The van der Waals surface area contributed by atoms with Crippen LogP contribution in [0.15, 0.2) is 12.8 Å². The van der Waals surface area contributed by atoms with Crippen LogP contribution < -0.4 is 0 Å². The van der Waals surface area contributed by atoms with Gasteiger partial charge in [0.25, 0.3) is 0 Å². The van der Waals surface area contributed by atoms with E-state index in [0.717, 1.165) is 12.5 Å². The Balaban J connectivity index is 1.96. The van der Waals surface area contributed by atoms with Crippen LogP contribution in [-0.2, 0) is 4.74 Å². The second-order valence-corrected chi connectivity index (χ2v) is 3.71. The van der Waals surface area contributed by atoms with Crippen molar-refractivity contribution in [1.82, 2.24) is 0 Å². The number of ether oxygens (including phenoxy) is 1. The van der Waals surface area contributed by atoms with Crippen LogP contribution in [0.4, 0.5) is 0 Å². The van der Waals surface area contributed by atoms with Crippen molar-refractivity contribution in [3.05, 3.63) is 12.8 Å². The van der Waals surface area contributed by atoms with Gasteiger partial charge in [-0.05, 0) is 30.3 Å². The Bertz CT molecular complexity index is 97.4. The first-order valence-electron chi connectivity index (χ1n) is 3.73. The zero-order valence-corrected chi connectivity index (χ0v) is 7.03. The fourth-order valence-corrected chi connectivity index (χ4v) is 2.46. The van der Waals surface area contributed by atoms with E-state index in [0.29, 0.717) is 0 Å². The van der Waals surface area contributed by atoms with E-state index in [1.807, 2.05) is 0 Å². The Hall–Kier alpha value is -0.110. The summed E-state index contributed by atoms with van der Waals surface area (Å²) in [7, 11) is 0. The minimum Gasteiger partial charge on any atom is -0.502 e. The van der Waals surface area contributed by atoms with E-state index in [4.69, 9.17) is 4.74 Å². The molecule has 1 unspecified atom stereocenters. The Kier molecular flexibility index (Phi) is 3.73. The summed E-state index contributed by atoms with van der Waals surface area (Å²) in [4.78, 5) is 0. The van der Waals surface area contributed by atoms with Gasteiger partial charge in [0, 0.05) is 0 Å². The van der Waals surface area contributed by atoms with Crippen LogP contribution in [0.5, 0.6) is 0 Å². The summed E-state index contributed by atoms with van der Waals surface area (Å²) in [5.41, 5.74) is 0. The summed E-state index contributed by atoms with van der Waals surface area (Å²) in [6, 6.07) is 0.